The summed E-state index contributed by atoms with van der Waals surface area (Å²) in [4.78, 5) is 10.5. The van der Waals surface area contributed by atoms with Gasteiger partial charge in [-0.2, -0.15) is 0 Å². The number of benzene rings is 1. The largest absolute Gasteiger partial charge is 0.310 e. The van der Waals surface area contributed by atoms with E-state index in [-0.39, 0.29) is 16.7 Å². The van der Waals surface area contributed by atoms with Crippen LogP contribution < -0.4 is 5.32 Å². The van der Waals surface area contributed by atoms with E-state index in [0.29, 0.717) is 0 Å². The molecule has 0 amide bonds. The summed E-state index contributed by atoms with van der Waals surface area (Å²) in [7, 11) is 0. The van der Waals surface area contributed by atoms with Crippen LogP contribution in [-0.2, 0) is 0 Å². The van der Waals surface area contributed by atoms with Gasteiger partial charge in [0.15, 0.2) is 0 Å². The first-order chi connectivity index (χ1) is 9.58. The van der Waals surface area contributed by atoms with Crippen molar-refractivity contribution in [1.29, 1.82) is 0 Å². The lowest BCUT2D eigenvalue weighted by Gasteiger charge is -2.30. The predicted molar refractivity (Wildman–Crippen MR) is 80.6 cm³/mol. The predicted octanol–water partition coefficient (Wildman–Crippen LogP) is 4.07. The molecular weight excluding hydrogens is 252 g/mol. The first-order valence-electron chi connectivity index (χ1n) is 7.55. The van der Waals surface area contributed by atoms with Crippen molar-refractivity contribution in [3.8, 4) is 0 Å². The van der Waals surface area contributed by atoms with E-state index in [4.69, 9.17) is 0 Å². The number of nitro groups is 1. The molecule has 0 radical (unpaired) electrons. The Morgan fingerprint density at radius 2 is 2.15 bits per heavy atom. The van der Waals surface area contributed by atoms with Crippen LogP contribution in [0.5, 0.6) is 0 Å². The Kier molecular flexibility index (Phi) is 5.12. The first-order valence-corrected chi connectivity index (χ1v) is 7.55. The van der Waals surface area contributed by atoms with Gasteiger partial charge < -0.3 is 5.32 Å². The minimum atomic E-state index is -0.334. The molecule has 0 bridgehead atoms. The highest BCUT2D eigenvalue weighted by molar-refractivity contribution is 5.35. The molecule has 20 heavy (non-hydrogen) atoms. The molecule has 1 aromatic carbocycles. The van der Waals surface area contributed by atoms with Crippen molar-refractivity contribution in [2.75, 3.05) is 6.54 Å². The Morgan fingerprint density at radius 1 is 1.40 bits per heavy atom. The van der Waals surface area contributed by atoms with Crippen LogP contribution in [0.2, 0.25) is 0 Å². The highest BCUT2D eigenvalue weighted by Gasteiger charge is 2.21. The molecule has 0 aliphatic heterocycles. The summed E-state index contributed by atoms with van der Waals surface area (Å²) >= 11 is 0. The molecule has 4 nitrogen and oxygen atoms in total. The molecule has 0 aromatic heterocycles. The fraction of sp³-hybridized carbons (Fsp3) is 0.625. The lowest BCUT2D eigenvalue weighted by atomic mass is 9.80. The quantitative estimate of drug-likeness (QED) is 0.651. The number of hydrogen-bond donors (Lipinski definition) is 1. The van der Waals surface area contributed by atoms with E-state index in [1.54, 1.807) is 18.2 Å². The van der Waals surface area contributed by atoms with Crippen molar-refractivity contribution in [2.24, 2.45) is 11.8 Å². The van der Waals surface area contributed by atoms with Gasteiger partial charge in [-0.15, -0.1) is 0 Å². The van der Waals surface area contributed by atoms with Crippen LogP contribution in [0.15, 0.2) is 24.3 Å². The number of nitro benzene ring substituents is 1. The van der Waals surface area contributed by atoms with Gasteiger partial charge in [-0.1, -0.05) is 38.3 Å². The number of non-ortho nitro benzene ring substituents is 1. The molecule has 1 aliphatic rings. The summed E-state index contributed by atoms with van der Waals surface area (Å²) in [5.41, 5.74) is 1.16. The smallest absolute Gasteiger partial charge is 0.269 e. The molecule has 1 N–H and O–H groups in total. The zero-order chi connectivity index (χ0) is 14.5. The molecule has 1 fully saturated rings. The lowest BCUT2D eigenvalue weighted by molar-refractivity contribution is -0.384. The fourth-order valence-electron chi connectivity index (χ4n) is 3.05. The zero-order valence-corrected chi connectivity index (χ0v) is 12.3. The summed E-state index contributed by atoms with van der Waals surface area (Å²) < 4.78 is 0. The molecule has 3 atom stereocenters. The average Bonchev–Trinajstić information content (AvgIpc) is 2.46. The molecule has 0 heterocycles. The average molecular weight is 276 g/mol. The van der Waals surface area contributed by atoms with E-state index in [1.165, 1.54) is 25.7 Å². The SMILES string of the molecule is CC(NCC1CCCCC1C)c1cccc([N+](=O)[O-])c1. The molecule has 1 saturated carbocycles. The van der Waals surface area contributed by atoms with E-state index >= 15 is 0 Å². The Bertz CT molecular complexity index is 462. The number of hydrogen-bond acceptors (Lipinski definition) is 3. The van der Waals surface area contributed by atoms with Crippen molar-refractivity contribution in [3.05, 3.63) is 39.9 Å². The second-order valence-corrected chi connectivity index (χ2v) is 6.00. The minimum Gasteiger partial charge on any atom is -0.310 e. The Hall–Kier alpha value is -1.42. The van der Waals surface area contributed by atoms with Gasteiger partial charge in [0, 0.05) is 18.2 Å². The highest BCUT2D eigenvalue weighted by atomic mass is 16.6. The third-order valence-electron chi connectivity index (χ3n) is 4.56. The molecule has 4 heteroatoms. The van der Waals surface area contributed by atoms with Crippen LogP contribution in [0, 0.1) is 22.0 Å². The van der Waals surface area contributed by atoms with Crippen molar-refractivity contribution in [1.82, 2.24) is 5.32 Å². The maximum atomic E-state index is 10.8. The molecule has 1 aromatic rings. The maximum absolute atomic E-state index is 10.8. The van der Waals surface area contributed by atoms with E-state index in [0.717, 1.165) is 23.9 Å². The second kappa shape index (κ2) is 6.84. The molecule has 0 spiro atoms. The molecular formula is C16H24N2O2. The summed E-state index contributed by atoms with van der Waals surface area (Å²) in [6, 6.07) is 7.08. The van der Waals surface area contributed by atoms with Crippen molar-refractivity contribution in [2.45, 2.75) is 45.6 Å². The molecule has 0 saturated heterocycles. The fourth-order valence-corrected chi connectivity index (χ4v) is 3.05. The zero-order valence-electron chi connectivity index (χ0n) is 12.3. The van der Waals surface area contributed by atoms with Gasteiger partial charge >= 0.3 is 0 Å². The lowest BCUT2D eigenvalue weighted by Crippen LogP contribution is -2.31. The van der Waals surface area contributed by atoms with Crippen LogP contribution in [0.1, 0.15) is 51.1 Å². The topological polar surface area (TPSA) is 55.2 Å². The van der Waals surface area contributed by atoms with Gasteiger partial charge in [-0.25, -0.2) is 0 Å². The summed E-state index contributed by atoms with van der Waals surface area (Å²) in [5.74, 6) is 1.53. The van der Waals surface area contributed by atoms with Crippen LogP contribution in [-0.4, -0.2) is 11.5 Å². The van der Waals surface area contributed by atoms with Gasteiger partial charge in [0.1, 0.15) is 0 Å². The van der Waals surface area contributed by atoms with Gasteiger partial charge in [0.25, 0.3) is 5.69 Å². The van der Waals surface area contributed by atoms with E-state index in [9.17, 15) is 10.1 Å². The van der Waals surface area contributed by atoms with E-state index in [1.807, 2.05) is 6.07 Å². The molecule has 1 aliphatic carbocycles. The number of rotatable bonds is 5. The molecule has 3 unspecified atom stereocenters. The first kappa shape index (κ1) is 15.0. The van der Waals surface area contributed by atoms with E-state index in [2.05, 4.69) is 19.2 Å². The third-order valence-corrected chi connectivity index (χ3v) is 4.56. The third kappa shape index (κ3) is 3.79. The Balaban J connectivity index is 1.92. The Morgan fingerprint density at radius 3 is 2.85 bits per heavy atom. The monoisotopic (exact) mass is 276 g/mol. The van der Waals surface area contributed by atoms with E-state index < -0.39 is 0 Å². The van der Waals surface area contributed by atoms with Gasteiger partial charge in [-0.3, -0.25) is 10.1 Å². The van der Waals surface area contributed by atoms with Crippen LogP contribution in [0.25, 0.3) is 0 Å². The van der Waals surface area contributed by atoms with Gasteiger partial charge in [0.2, 0.25) is 0 Å². The molecule has 110 valence electrons. The minimum absolute atomic E-state index is 0.157. The summed E-state index contributed by atoms with van der Waals surface area (Å²) in [6.07, 6.45) is 5.33. The van der Waals surface area contributed by atoms with Gasteiger partial charge in [0.05, 0.1) is 4.92 Å². The van der Waals surface area contributed by atoms with Crippen LogP contribution in [0.3, 0.4) is 0 Å². The maximum Gasteiger partial charge on any atom is 0.269 e. The van der Waals surface area contributed by atoms with Crippen molar-refractivity contribution >= 4 is 5.69 Å². The van der Waals surface area contributed by atoms with Crippen LogP contribution >= 0.6 is 0 Å². The molecule has 2 rings (SSSR count). The highest BCUT2D eigenvalue weighted by Crippen LogP contribution is 2.29. The summed E-state index contributed by atoms with van der Waals surface area (Å²) in [6.45, 7) is 5.42. The number of nitrogens with one attached hydrogen (secondary N) is 1. The number of nitrogens with zero attached hydrogens (tertiary/aromatic N) is 1. The van der Waals surface area contributed by atoms with Crippen molar-refractivity contribution in [3.63, 3.8) is 0 Å². The normalized spacial score (nSPS) is 24.3. The van der Waals surface area contributed by atoms with Gasteiger partial charge in [-0.05, 0) is 37.3 Å². The summed E-state index contributed by atoms with van der Waals surface area (Å²) in [5, 5.41) is 14.4. The Labute approximate surface area is 120 Å². The van der Waals surface area contributed by atoms with Crippen molar-refractivity contribution < 1.29 is 4.92 Å². The standard InChI is InChI=1S/C16H24N2O2/c1-12-6-3-4-7-15(12)11-17-13(2)14-8-5-9-16(10-14)18(19)20/h5,8-10,12-13,15,17H,3-4,6-7,11H2,1-2H3. The second-order valence-electron chi connectivity index (χ2n) is 6.00. The van der Waals surface area contributed by atoms with Crippen LogP contribution in [0.4, 0.5) is 5.69 Å².